The molecule has 0 atom stereocenters. The number of carbonyl (C=O) groups excluding carboxylic acids is 1. The molecule has 36 heavy (non-hydrogen) atoms. The number of amides is 1. The monoisotopic (exact) mass is 497 g/mol. The van der Waals surface area contributed by atoms with Crippen LogP contribution < -0.4 is 9.80 Å². The number of aromatic nitrogens is 5. The number of fused-ring (bicyclic) bond motifs is 3. The fraction of sp³-hybridized carbons (Fsp3) is 0.296. The molecule has 0 saturated heterocycles. The van der Waals surface area contributed by atoms with Gasteiger partial charge in [0, 0.05) is 41.5 Å². The zero-order valence-corrected chi connectivity index (χ0v) is 21.8. The molecule has 1 aliphatic heterocycles. The molecule has 1 aliphatic rings. The van der Waals surface area contributed by atoms with Gasteiger partial charge in [-0.15, -0.1) is 11.3 Å². The number of benzene rings is 1. The lowest BCUT2D eigenvalue weighted by Gasteiger charge is -2.34. The number of nitrogens with zero attached hydrogens (tertiary/aromatic N) is 7. The molecule has 6 rings (SSSR count). The zero-order chi connectivity index (χ0) is 25.1. The normalized spacial score (nSPS) is 13.7. The molecule has 0 bridgehead atoms. The third kappa shape index (κ3) is 3.53. The van der Waals surface area contributed by atoms with Gasteiger partial charge in [0.2, 0.25) is 0 Å². The number of hydrogen-bond donors (Lipinski definition) is 0. The third-order valence-electron chi connectivity index (χ3n) is 6.66. The summed E-state index contributed by atoms with van der Waals surface area (Å²) in [5.74, 6) is 1.18. The van der Waals surface area contributed by atoms with Gasteiger partial charge in [-0.2, -0.15) is 5.10 Å². The SMILES string of the molecule is Cc1cc(-c2cc(C(=O)N3CCN(C)c4nc5ccccc5nc43)c3cnn(C(C)C)c3n2)c(C)s1. The first-order valence-electron chi connectivity index (χ1n) is 12.1. The van der Waals surface area contributed by atoms with Gasteiger partial charge in [0.05, 0.1) is 33.9 Å². The molecule has 0 spiro atoms. The quantitative estimate of drug-likeness (QED) is 0.332. The van der Waals surface area contributed by atoms with E-state index >= 15 is 0 Å². The summed E-state index contributed by atoms with van der Waals surface area (Å²) in [5, 5.41) is 5.34. The van der Waals surface area contributed by atoms with Crippen molar-refractivity contribution in [3.8, 4) is 11.3 Å². The van der Waals surface area contributed by atoms with Crippen LogP contribution in [-0.4, -0.2) is 50.8 Å². The van der Waals surface area contributed by atoms with Gasteiger partial charge in [-0.3, -0.25) is 9.69 Å². The summed E-state index contributed by atoms with van der Waals surface area (Å²) in [5.41, 5.74) is 4.71. The molecule has 0 unspecified atom stereocenters. The molecule has 5 aromatic rings. The van der Waals surface area contributed by atoms with E-state index in [2.05, 4.69) is 43.8 Å². The molecule has 0 radical (unpaired) electrons. The van der Waals surface area contributed by atoms with E-state index in [4.69, 9.17) is 15.0 Å². The minimum absolute atomic E-state index is 0.111. The summed E-state index contributed by atoms with van der Waals surface area (Å²) in [7, 11) is 1.99. The topological polar surface area (TPSA) is 80.0 Å². The standard InChI is InChI=1S/C27H27N7OS/c1-15(2)34-24-20(14-28-34)19(13-23(31-24)18-12-16(3)36-17(18)4)27(35)33-11-10-32(5)25-26(33)30-22-9-7-6-8-21(22)29-25/h6-9,12-15H,10-11H2,1-5H3. The summed E-state index contributed by atoms with van der Waals surface area (Å²) < 4.78 is 1.88. The number of aryl methyl sites for hydroxylation is 2. The van der Waals surface area contributed by atoms with Crippen molar-refractivity contribution in [2.24, 2.45) is 0 Å². The van der Waals surface area contributed by atoms with E-state index in [0.29, 0.717) is 35.9 Å². The van der Waals surface area contributed by atoms with Gasteiger partial charge in [0.1, 0.15) is 0 Å². The zero-order valence-electron chi connectivity index (χ0n) is 21.0. The second-order valence-electron chi connectivity index (χ2n) is 9.54. The Labute approximate surface area is 213 Å². The highest BCUT2D eigenvalue weighted by Crippen LogP contribution is 2.35. The average Bonchev–Trinajstić information content (AvgIpc) is 3.44. The van der Waals surface area contributed by atoms with Crippen LogP contribution in [0.25, 0.3) is 33.3 Å². The minimum atomic E-state index is -0.115. The number of carbonyl (C=O) groups is 1. The van der Waals surface area contributed by atoms with Crippen LogP contribution in [0.4, 0.5) is 11.6 Å². The molecule has 182 valence electrons. The Kier molecular flexibility index (Phi) is 5.26. The average molecular weight is 498 g/mol. The van der Waals surface area contributed by atoms with Gasteiger partial charge in [-0.1, -0.05) is 12.1 Å². The number of pyridine rings is 1. The molecule has 0 saturated carbocycles. The molecule has 1 aromatic carbocycles. The summed E-state index contributed by atoms with van der Waals surface area (Å²) in [6, 6.07) is 11.9. The summed E-state index contributed by atoms with van der Waals surface area (Å²) in [6.45, 7) is 9.51. The highest BCUT2D eigenvalue weighted by Gasteiger charge is 2.31. The Morgan fingerprint density at radius 2 is 1.72 bits per heavy atom. The van der Waals surface area contributed by atoms with Crippen molar-refractivity contribution in [3.05, 3.63) is 57.9 Å². The largest absolute Gasteiger partial charge is 0.355 e. The highest BCUT2D eigenvalue weighted by atomic mass is 32.1. The van der Waals surface area contributed by atoms with Crippen LogP contribution in [-0.2, 0) is 0 Å². The van der Waals surface area contributed by atoms with Crippen LogP contribution in [0.15, 0.2) is 42.6 Å². The van der Waals surface area contributed by atoms with E-state index in [1.54, 1.807) is 22.4 Å². The molecular formula is C27H27N7OS. The van der Waals surface area contributed by atoms with Crippen molar-refractivity contribution in [2.75, 3.05) is 29.9 Å². The molecule has 0 aliphatic carbocycles. The third-order valence-corrected chi connectivity index (χ3v) is 7.62. The number of rotatable bonds is 3. The lowest BCUT2D eigenvalue weighted by molar-refractivity contribution is 0.0987. The number of hydrogen-bond acceptors (Lipinski definition) is 7. The predicted molar refractivity (Wildman–Crippen MR) is 145 cm³/mol. The fourth-order valence-corrected chi connectivity index (χ4v) is 5.75. The maximum atomic E-state index is 14.2. The van der Waals surface area contributed by atoms with Gasteiger partial charge >= 0.3 is 0 Å². The number of para-hydroxylation sites is 2. The highest BCUT2D eigenvalue weighted by molar-refractivity contribution is 7.12. The van der Waals surface area contributed by atoms with Gasteiger partial charge < -0.3 is 4.90 Å². The van der Waals surface area contributed by atoms with Gasteiger partial charge in [0.15, 0.2) is 17.3 Å². The Bertz CT molecular complexity index is 1650. The second kappa shape index (κ2) is 8.37. The van der Waals surface area contributed by atoms with E-state index in [-0.39, 0.29) is 11.9 Å². The maximum absolute atomic E-state index is 14.2. The van der Waals surface area contributed by atoms with Crippen LogP contribution in [0.5, 0.6) is 0 Å². The van der Waals surface area contributed by atoms with E-state index in [0.717, 1.165) is 27.7 Å². The Morgan fingerprint density at radius 3 is 2.39 bits per heavy atom. The number of thiophene rings is 1. The van der Waals surface area contributed by atoms with Crippen LogP contribution >= 0.6 is 11.3 Å². The lowest BCUT2D eigenvalue weighted by Crippen LogP contribution is -2.43. The minimum Gasteiger partial charge on any atom is -0.355 e. The molecule has 8 nitrogen and oxygen atoms in total. The summed E-state index contributed by atoms with van der Waals surface area (Å²) in [4.78, 5) is 35.1. The Hall–Kier alpha value is -3.85. The van der Waals surface area contributed by atoms with Crippen molar-refractivity contribution < 1.29 is 4.79 Å². The van der Waals surface area contributed by atoms with Gasteiger partial charge in [0.25, 0.3) is 5.91 Å². The van der Waals surface area contributed by atoms with Crippen molar-refractivity contribution >= 4 is 50.9 Å². The fourth-order valence-electron chi connectivity index (χ4n) is 4.82. The first-order valence-corrected chi connectivity index (χ1v) is 12.9. The first kappa shape index (κ1) is 22.6. The van der Waals surface area contributed by atoms with Crippen LogP contribution in [0, 0.1) is 13.8 Å². The maximum Gasteiger partial charge on any atom is 0.260 e. The number of anilines is 2. The van der Waals surface area contributed by atoms with Crippen LogP contribution in [0.1, 0.15) is 40.0 Å². The van der Waals surface area contributed by atoms with E-state index in [9.17, 15) is 4.79 Å². The molecule has 5 heterocycles. The van der Waals surface area contributed by atoms with Crippen molar-refractivity contribution in [3.63, 3.8) is 0 Å². The summed E-state index contributed by atoms with van der Waals surface area (Å²) >= 11 is 1.73. The van der Waals surface area contributed by atoms with Gasteiger partial charge in [-0.25, -0.2) is 19.6 Å². The smallest absolute Gasteiger partial charge is 0.260 e. The van der Waals surface area contributed by atoms with Crippen LogP contribution in [0.2, 0.25) is 0 Å². The van der Waals surface area contributed by atoms with Gasteiger partial charge in [-0.05, 0) is 52.0 Å². The molecule has 0 fully saturated rings. The van der Waals surface area contributed by atoms with Crippen LogP contribution in [0.3, 0.4) is 0 Å². The predicted octanol–water partition coefficient (Wildman–Crippen LogP) is 5.40. The molecule has 0 N–H and O–H groups in total. The Morgan fingerprint density at radius 1 is 1.00 bits per heavy atom. The number of likely N-dealkylation sites (N-methyl/N-ethyl adjacent to an activating group) is 1. The lowest BCUT2D eigenvalue weighted by atomic mass is 10.1. The van der Waals surface area contributed by atoms with Crippen molar-refractivity contribution in [1.82, 2.24) is 24.7 Å². The molecule has 9 heteroatoms. The van der Waals surface area contributed by atoms with Crippen molar-refractivity contribution in [2.45, 2.75) is 33.7 Å². The van der Waals surface area contributed by atoms with E-state index in [1.165, 1.54) is 9.75 Å². The van der Waals surface area contributed by atoms with E-state index in [1.807, 2.05) is 42.1 Å². The molecular weight excluding hydrogens is 470 g/mol. The van der Waals surface area contributed by atoms with E-state index < -0.39 is 0 Å². The first-order chi connectivity index (χ1) is 17.3. The molecule has 1 amide bonds. The Balaban J connectivity index is 1.55. The summed E-state index contributed by atoms with van der Waals surface area (Å²) in [6.07, 6.45) is 1.76. The van der Waals surface area contributed by atoms with Crippen molar-refractivity contribution in [1.29, 1.82) is 0 Å². The second-order valence-corrected chi connectivity index (χ2v) is 11.0. The molecule has 4 aromatic heterocycles.